The summed E-state index contributed by atoms with van der Waals surface area (Å²) in [4.78, 5) is 4.43. The van der Waals surface area contributed by atoms with Crippen molar-refractivity contribution in [2.24, 2.45) is 5.41 Å². The predicted octanol–water partition coefficient (Wildman–Crippen LogP) is 4.24. The summed E-state index contributed by atoms with van der Waals surface area (Å²) in [6.45, 7) is 3.25. The third-order valence-electron chi connectivity index (χ3n) is 4.67. The van der Waals surface area contributed by atoms with E-state index < -0.39 is 0 Å². The minimum absolute atomic E-state index is 0.393. The first-order valence-electron chi connectivity index (χ1n) is 7.05. The molecule has 3 nitrogen and oxygen atoms in total. The summed E-state index contributed by atoms with van der Waals surface area (Å²) in [6, 6.07) is 5.89. The van der Waals surface area contributed by atoms with Crippen LogP contribution in [-0.4, -0.2) is 9.55 Å². The van der Waals surface area contributed by atoms with Crippen molar-refractivity contribution in [2.75, 3.05) is 5.73 Å². The van der Waals surface area contributed by atoms with Gasteiger partial charge in [0, 0.05) is 6.54 Å². The molecule has 0 bridgehead atoms. The van der Waals surface area contributed by atoms with Gasteiger partial charge in [0.1, 0.15) is 5.52 Å². The number of nitrogens with zero attached hydrogens (tertiary/aromatic N) is 2. The van der Waals surface area contributed by atoms with Gasteiger partial charge >= 0.3 is 0 Å². The highest BCUT2D eigenvalue weighted by atomic mass is 35.5. The first-order valence-corrected chi connectivity index (χ1v) is 7.43. The number of fused-ring (bicyclic) bond motifs is 1. The van der Waals surface area contributed by atoms with E-state index in [1.807, 2.05) is 12.1 Å². The third-order valence-corrected chi connectivity index (χ3v) is 4.97. The maximum absolute atomic E-state index is 6.20. The molecule has 3 rings (SSSR count). The maximum atomic E-state index is 6.20. The lowest BCUT2D eigenvalue weighted by atomic mass is 9.83. The van der Waals surface area contributed by atoms with Crippen LogP contribution in [0.5, 0.6) is 0 Å². The van der Waals surface area contributed by atoms with E-state index in [1.165, 1.54) is 32.1 Å². The van der Waals surface area contributed by atoms with E-state index in [1.54, 1.807) is 0 Å². The Labute approximate surface area is 118 Å². The zero-order chi connectivity index (χ0) is 13.5. The van der Waals surface area contributed by atoms with E-state index in [2.05, 4.69) is 22.5 Å². The van der Waals surface area contributed by atoms with Crippen LogP contribution in [0.25, 0.3) is 11.0 Å². The second kappa shape index (κ2) is 4.71. The quantitative estimate of drug-likeness (QED) is 0.912. The number of benzene rings is 1. The van der Waals surface area contributed by atoms with Gasteiger partial charge in [-0.3, -0.25) is 0 Å². The van der Waals surface area contributed by atoms with Gasteiger partial charge in [-0.25, -0.2) is 4.98 Å². The molecule has 0 spiro atoms. The lowest BCUT2D eigenvalue weighted by molar-refractivity contribution is 0.242. The molecule has 0 aliphatic heterocycles. The lowest BCUT2D eigenvalue weighted by Gasteiger charge is -2.28. The molecule has 1 aliphatic carbocycles. The van der Waals surface area contributed by atoms with Gasteiger partial charge in [-0.2, -0.15) is 0 Å². The summed E-state index contributed by atoms with van der Waals surface area (Å²) in [5, 5.41) is 0.680. The molecule has 0 atom stereocenters. The molecule has 1 aliphatic rings. The van der Waals surface area contributed by atoms with Gasteiger partial charge in [-0.1, -0.05) is 37.4 Å². The zero-order valence-corrected chi connectivity index (χ0v) is 12.1. The average Bonchev–Trinajstić information content (AvgIpc) is 2.99. The number of rotatable bonds is 3. The summed E-state index contributed by atoms with van der Waals surface area (Å²) in [5.41, 5.74) is 8.38. The Kier molecular flexibility index (Phi) is 3.17. The van der Waals surface area contributed by atoms with Gasteiger partial charge in [-0.15, -0.1) is 0 Å². The number of para-hydroxylation sites is 1. The average molecular weight is 278 g/mol. The van der Waals surface area contributed by atoms with Crippen molar-refractivity contribution < 1.29 is 0 Å². The fraction of sp³-hybridized carbons (Fsp3) is 0.533. The first-order chi connectivity index (χ1) is 9.15. The normalized spacial score (nSPS) is 18.2. The summed E-state index contributed by atoms with van der Waals surface area (Å²) in [5.74, 6) is 0.586. The SMILES string of the molecule is CCC1(Cn2c(N)nc3c(Cl)cccc32)CCCC1. The number of imidazole rings is 1. The van der Waals surface area contributed by atoms with Crippen LogP contribution in [0.2, 0.25) is 5.02 Å². The molecule has 0 unspecified atom stereocenters. The van der Waals surface area contributed by atoms with Crippen molar-refractivity contribution >= 4 is 28.6 Å². The number of nitrogens with two attached hydrogens (primary N) is 1. The number of hydrogen-bond acceptors (Lipinski definition) is 2. The summed E-state index contributed by atoms with van der Waals surface area (Å²) in [6.07, 6.45) is 6.46. The Morgan fingerprint density at radius 3 is 2.79 bits per heavy atom. The molecular weight excluding hydrogens is 258 g/mol. The Balaban J connectivity index is 2.05. The largest absolute Gasteiger partial charge is 0.369 e. The number of anilines is 1. The summed E-state index contributed by atoms with van der Waals surface area (Å²) >= 11 is 6.20. The van der Waals surface area contributed by atoms with Crippen molar-refractivity contribution in [1.29, 1.82) is 0 Å². The van der Waals surface area contributed by atoms with Crippen LogP contribution >= 0.6 is 11.6 Å². The molecule has 2 N–H and O–H groups in total. The van der Waals surface area contributed by atoms with E-state index in [-0.39, 0.29) is 0 Å². The van der Waals surface area contributed by atoms with Crippen LogP contribution in [0.15, 0.2) is 18.2 Å². The van der Waals surface area contributed by atoms with Gasteiger partial charge in [0.25, 0.3) is 0 Å². The first kappa shape index (κ1) is 12.8. The van der Waals surface area contributed by atoms with E-state index in [0.29, 0.717) is 16.4 Å². The smallest absolute Gasteiger partial charge is 0.201 e. The molecule has 1 fully saturated rings. The topological polar surface area (TPSA) is 43.8 Å². The molecule has 4 heteroatoms. The van der Waals surface area contributed by atoms with Gasteiger partial charge in [0.15, 0.2) is 0 Å². The van der Waals surface area contributed by atoms with Crippen molar-refractivity contribution in [3.63, 3.8) is 0 Å². The number of hydrogen-bond donors (Lipinski definition) is 1. The van der Waals surface area contributed by atoms with Crippen LogP contribution in [0.4, 0.5) is 5.95 Å². The molecule has 0 saturated heterocycles. The number of nitrogen functional groups attached to an aromatic ring is 1. The van der Waals surface area contributed by atoms with Gasteiger partial charge in [0.2, 0.25) is 5.95 Å². The van der Waals surface area contributed by atoms with Crippen LogP contribution in [0, 0.1) is 5.41 Å². The molecule has 1 aromatic carbocycles. The molecule has 1 aromatic heterocycles. The van der Waals surface area contributed by atoms with E-state index in [9.17, 15) is 0 Å². The van der Waals surface area contributed by atoms with Crippen LogP contribution < -0.4 is 5.73 Å². The number of halogens is 1. The number of aromatic nitrogens is 2. The Morgan fingerprint density at radius 1 is 1.37 bits per heavy atom. The minimum atomic E-state index is 0.393. The molecule has 19 heavy (non-hydrogen) atoms. The molecule has 2 aromatic rings. The van der Waals surface area contributed by atoms with Crippen LogP contribution in [0.3, 0.4) is 0 Å². The second-order valence-electron chi connectivity index (χ2n) is 5.72. The molecule has 0 radical (unpaired) electrons. The Hall–Kier alpha value is -1.22. The highest BCUT2D eigenvalue weighted by Crippen LogP contribution is 2.43. The predicted molar refractivity (Wildman–Crippen MR) is 80.3 cm³/mol. The molecule has 1 heterocycles. The van der Waals surface area contributed by atoms with Crippen molar-refractivity contribution in [1.82, 2.24) is 9.55 Å². The standard InChI is InChI=1S/C15H20ClN3/c1-2-15(8-3-4-9-15)10-19-12-7-5-6-11(16)13(12)18-14(19)17/h5-7H,2-4,8-10H2,1H3,(H2,17,18). The fourth-order valence-corrected chi connectivity index (χ4v) is 3.59. The Bertz CT molecular complexity index is 597. The molecule has 1 saturated carbocycles. The lowest BCUT2D eigenvalue weighted by Crippen LogP contribution is -2.23. The van der Waals surface area contributed by atoms with E-state index in [4.69, 9.17) is 17.3 Å². The fourth-order valence-electron chi connectivity index (χ4n) is 3.38. The summed E-state index contributed by atoms with van der Waals surface area (Å²) in [7, 11) is 0. The van der Waals surface area contributed by atoms with Gasteiger partial charge in [0.05, 0.1) is 10.5 Å². The Morgan fingerprint density at radius 2 is 2.11 bits per heavy atom. The van der Waals surface area contributed by atoms with E-state index >= 15 is 0 Å². The second-order valence-corrected chi connectivity index (χ2v) is 6.13. The van der Waals surface area contributed by atoms with Crippen molar-refractivity contribution in [3.05, 3.63) is 23.2 Å². The highest BCUT2D eigenvalue weighted by molar-refractivity contribution is 6.35. The van der Waals surface area contributed by atoms with Gasteiger partial charge in [-0.05, 0) is 36.8 Å². The maximum Gasteiger partial charge on any atom is 0.201 e. The molecule has 0 amide bonds. The minimum Gasteiger partial charge on any atom is -0.369 e. The van der Waals surface area contributed by atoms with Crippen molar-refractivity contribution in [3.8, 4) is 0 Å². The monoisotopic (exact) mass is 277 g/mol. The summed E-state index contributed by atoms with van der Waals surface area (Å²) < 4.78 is 2.15. The van der Waals surface area contributed by atoms with Crippen molar-refractivity contribution in [2.45, 2.75) is 45.6 Å². The van der Waals surface area contributed by atoms with Gasteiger partial charge < -0.3 is 10.3 Å². The van der Waals surface area contributed by atoms with Crippen LogP contribution in [0.1, 0.15) is 39.0 Å². The van der Waals surface area contributed by atoms with Crippen LogP contribution in [-0.2, 0) is 6.54 Å². The molecular formula is C15H20ClN3. The zero-order valence-electron chi connectivity index (χ0n) is 11.3. The van der Waals surface area contributed by atoms with E-state index in [0.717, 1.165) is 17.6 Å². The highest BCUT2D eigenvalue weighted by Gasteiger charge is 2.33. The third kappa shape index (κ3) is 2.10. The molecule has 102 valence electrons.